The summed E-state index contributed by atoms with van der Waals surface area (Å²) >= 11 is 0. The molecule has 1 saturated heterocycles. The van der Waals surface area contributed by atoms with Gasteiger partial charge in [0.05, 0.1) is 0 Å². The molecule has 0 saturated carbocycles. The number of nitrogens with two attached hydrogens (primary N) is 1. The number of carbonyl (C=O) groups is 1. The standard InChI is InChI=1S/C13H22N4O3S.ClH/c1-13(3-5-15-6-4-13)9-16-21(19,20)10-7-11(12(14)18)17(2)8-10;/h7-8,15-16H,3-6,9H2,1-2H3,(H2,14,18);1H. The maximum absolute atomic E-state index is 12.3. The number of nitrogens with zero attached hydrogens (tertiary/aromatic N) is 1. The van der Waals surface area contributed by atoms with E-state index in [2.05, 4.69) is 17.0 Å². The minimum Gasteiger partial charge on any atom is -0.364 e. The number of hydrogen-bond acceptors (Lipinski definition) is 4. The van der Waals surface area contributed by atoms with Gasteiger partial charge in [-0.2, -0.15) is 0 Å². The molecule has 4 N–H and O–H groups in total. The summed E-state index contributed by atoms with van der Waals surface area (Å²) in [4.78, 5) is 11.3. The summed E-state index contributed by atoms with van der Waals surface area (Å²) < 4.78 is 28.7. The van der Waals surface area contributed by atoms with Crippen molar-refractivity contribution < 1.29 is 13.2 Å². The molecule has 0 bridgehead atoms. The Hall–Kier alpha value is -1.09. The van der Waals surface area contributed by atoms with Crippen molar-refractivity contribution in [3.63, 3.8) is 0 Å². The number of hydrogen-bond donors (Lipinski definition) is 3. The first-order valence-electron chi connectivity index (χ1n) is 6.90. The first kappa shape index (κ1) is 19.0. The van der Waals surface area contributed by atoms with Crippen LogP contribution in [0.3, 0.4) is 0 Å². The van der Waals surface area contributed by atoms with E-state index >= 15 is 0 Å². The topological polar surface area (TPSA) is 106 Å². The number of nitrogens with one attached hydrogen (secondary N) is 2. The molecule has 1 fully saturated rings. The van der Waals surface area contributed by atoms with Gasteiger partial charge in [-0.15, -0.1) is 12.4 Å². The third-order valence-corrected chi connectivity index (χ3v) is 5.41. The van der Waals surface area contributed by atoms with Crippen molar-refractivity contribution in [3.05, 3.63) is 18.0 Å². The van der Waals surface area contributed by atoms with E-state index in [-0.39, 0.29) is 28.4 Å². The van der Waals surface area contributed by atoms with Gasteiger partial charge in [0.1, 0.15) is 10.6 Å². The summed E-state index contributed by atoms with van der Waals surface area (Å²) in [5, 5.41) is 3.26. The van der Waals surface area contributed by atoms with E-state index in [0.717, 1.165) is 25.9 Å². The maximum atomic E-state index is 12.3. The van der Waals surface area contributed by atoms with Crippen LogP contribution < -0.4 is 15.8 Å². The minimum absolute atomic E-state index is 0. The quantitative estimate of drug-likeness (QED) is 0.705. The molecule has 1 amide bonds. The third kappa shape index (κ3) is 4.22. The van der Waals surface area contributed by atoms with Crippen LogP contribution in [0.2, 0.25) is 0 Å². The fourth-order valence-corrected chi connectivity index (χ4v) is 3.75. The zero-order valence-corrected chi connectivity index (χ0v) is 14.4. The van der Waals surface area contributed by atoms with E-state index in [1.165, 1.54) is 16.8 Å². The van der Waals surface area contributed by atoms with E-state index in [4.69, 9.17) is 5.73 Å². The summed E-state index contributed by atoms with van der Waals surface area (Å²) in [5.41, 5.74) is 5.33. The number of aromatic nitrogens is 1. The molecule has 0 spiro atoms. The SMILES string of the molecule is Cl.Cn1cc(S(=O)(=O)NCC2(C)CCNCC2)cc1C(N)=O. The zero-order chi connectivity index (χ0) is 15.7. The molecule has 0 aliphatic carbocycles. The Morgan fingerprint density at radius 2 is 2.05 bits per heavy atom. The molecule has 1 aliphatic rings. The molecule has 2 rings (SSSR count). The van der Waals surface area contributed by atoms with Crippen LogP contribution in [0.5, 0.6) is 0 Å². The number of piperidine rings is 1. The Morgan fingerprint density at radius 1 is 1.45 bits per heavy atom. The Bertz CT molecular complexity index is 636. The molecule has 1 aliphatic heterocycles. The van der Waals surface area contributed by atoms with Crippen molar-refractivity contribution in [1.82, 2.24) is 14.6 Å². The first-order valence-corrected chi connectivity index (χ1v) is 8.38. The van der Waals surface area contributed by atoms with E-state index < -0.39 is 15.9 Å². The van der Waals surface area contributed by atoms with E-state index in [1.807, 2.05) is 0 Å². The van der Waals surface area contributed by atoms with Crippen LogP contribution in [0.15, 0.2) is 17.2 Å². The normalized spacial score (nSPS) is 17.7. The van der Waals surface area contributed by atoms with Gasteiger partial charge in [0.25, 0.3) is 5.91 Å². The molecule has 2 heterocycles. The van der Waals surface area contributed by atoms with Gasteiger partial charge in [-0.1, -0.05) is 6.92 Å². The molecule has 0 atom stereocenters. The van der Waals surface area contributed by atoms with Crippen LogP contribution >= 0.6 is 12.4 Å². The highest BCUT2D eigenvalue weighted by Gasteiger charge is 2.29. The second-order valence-electron chi connectivity index (χ2n) is 5.92. The first-order chi connectivity index (χ1) is 9.73. The number of halogens is 1. The molecule has 126 valence electrons. The molecule has 22 heavy (non-hydrogen) atoms. The summed E-state index contributed by atoms with van der Waals surface area (Å²) in [6.07, 6.45) is 3.25. The van der Waals surface area contributed by atoms with Crippen molar-refractivity contribution in [2.45, 2.75) is 24.7 Å². The summed E-state index contributed by atoms with van der Waals surface area (Å²) in [5.74, 6) is -0.649. The second kappa shape index (κ2) is 6.99. The number of carbonyl (C=O) groups excluding carboxylic acids is 1. The van der Waals surface area contributed by atoms with Crippen molar-refractivity contribution in [3.8, 4) is 0 Å². The lowest BCUT2D eigenvalue weighted by Gasteiger charge is -2.33. The van der Waals surface area contributed by atoms with Gasteiger partial charge >= 0.3 is 0 Å². The van der Waals surface area contributed by atoms with Gasteiger partial charge in [-0.3, -0.25) is 4.79 Å². The van der Waals surface area contributed by atoms with Gasteiger partial charge in [0, 0.05) is 19.8 Å². The van der Waals surface area contributed by atoms with Gasteiger partial charge in [0.15, 0.2) is 0 Å². The van der Waals surface area contributed by atoms with Crippen molar-refractivity contribution in [2.75, 3.05) is 19.6 Å². The summed E-state index contributed by atoms with van der Waals surface area (Å²) in [6.45, 7) is 4.26. The van der Waals surface area contributed by atoms with Gasteiger partial charge in [-0.05, 0) is 37.4 Å². The molecule has 7 nitrogen and oxygen atoms in total. The molecule has 0 aromatic carbocycles. The highest BCUT2D eigenvalue weighted by atomic mass is 35.5. The lowest BCUT2D eigenvalue weighted by molar-refractivity contribution is 0.0992. The van der Waals surface area contributed by atoms with E-state index in [9.17, 15) is 13.2 Å². The summed E-state index contributed by atoms with van der Waals surface area (Å²) in [6, 6.07) is 1.30. The lowest BCUT2D eigenvalue weighted by Crippen LogP contribution is -2.42. The predicted octanol–water partition coefficient (Wildman–Crippen LogP) is 0.214. The van der Waals surface area contributed by atoms with Crippen LogP contribution in [0, 0.1) is 5.41 Å². The Labute approximate surface area is 137 Å². The van der Waals surface area contributed by atoms with Crippen LogP contribution in [0.4, 0.5) is 0 Å². The molecular formula is C13H23ClN4O3S. The molecular weight excluding hydrogens is 328 g/mol. The highest BCUT2D eigenvalue weighted by molar-refractivity contribution is 7.89. The van der Waals surface area contributed by atoms with Gasteiger partial charge in [-0.25, -0.2) is 13.1 Å². The zero-order valence-electron chi connectivity index (χ0n) is 12.8. The Kier molecular flexibility index (Phi) is 6.03. The van der Waals surface area contributed by atoms with Gasteiger partial charge < -0.3 is 15.6 Å². The Balaban J connectivity index is 0.00000242. The molecule has 9 heteroatoms. The average molecular weight is 351 g/mol. The van der Waals surface area contributed by atoms with Crippen LogP contribution in [0.25, 0.3) is 0 Å². The largest absolute Gasteiger partial charge is 0.364 e. The number of primary amides is 1. The molecule has 0 radical (unpaired) electrons. The second-order valence-corrected chi connectivity index (χ2v) is 7.69. The monoisotopic (exact) mass is 350 g/mol. The van der Waals surface area contributed by atoms with Crippen LogP contribution in [-0.2, 0) is 17.1 Å². The number of aryl methyl sites for hydroxylation is 1. The van der Waals surface area contributed by atoms with Crippen molar-refractivity contribution in [2.24, 2.45) is 18.2 Å². The smallest absolute Gasteiger partial charge is 0.265 e. The molecule has 0 unspecified atom stereocenters. The average Bonchev–Trinajstić information content (AvgIpc) is 2.81. The van der Waals surface area contributed by atoms with Crippen molar-refractivity contribution >= 4 is 28.3 Å². The fourth-order valence-electron chi connectivity index (χ4n) is 2.49. The Morgan fingerprint density at radius 3 is 2.55 bits per heavy atom. The number of amides is 1. The predicted molar refractivity (Wildman–Crippen MR) is 86.6 cm³/mol. The third-order valence-electron chi connectivity index (χ3n) is 4.04. The van der Waals surface area contributed by atoms with Crippen LogP contribution in [0.1, 0.15) is 30.3 Å². The van der Waals surface area contributed by atoms with E-state index in [0.29, 0.717) is 6.54 Å². The summed E-state index contributed by atoms with van der Waals surface area (Å²) in [7, 11) is -2.04. The maximum Gasteiger partial charge on any atom is 0.265 e. The van der Waals surface area contributed by atoms with Crippen LogP contribution in [-0.4, -0.2) is 38.5 Å². The van der Waals surface area contributed by atoms with Gasteiger partial charge in [0.2, 0.25) is 10.0 Å². The van der Waals surface area contributed by atoms with E-state index in [1.54, 1.807) is 7.05 Å². The molecule has 1 aromatic rings. The minimum atomic E-state index is -3.63. The molecule has 1 aromatic heterocycles. The van der Waals surface area contributed by atoms with Crippen molar-refractivity contribution in [1.29, 1.82) is 0 Å². The fraction of sp³-hybridized carbons (Fsp3) is 0.615. The number of rotatable bonds is 5. The lowest BCUT2D eigenvalue weighted by atomic mass is 9.81. The highest BCUT2D eigenvalue weighted by Crippen LogP contribution is 2.27. The number of sulfonamides is 1.